The first kappa shape index (κ1) is 35.2. The van der Waals surface area contributed by atoms with E-state index in [0.717, 1.165) is 50.5 Å². The minimum atomic E-state index is -0.832. The molecule has 256 valence electrons. The molecule has 0 aliphatic rings. The molecule has 0 spiro atoms. The average Bonchev–Trinajstić information content (AvgIpc) is 3.49. The molecule has 0 unspecified atom stereocenters. The van der Waals surface area contributed by atoms with Gasteiger partial charge in [-0.3, -0.25) is 14.4 Å². The summed E-state index contributed by atoms with van der Waals surface area (Å²) in [5.74, 6) is -0.892. The van der Waals surface area contributed by atoms with Gasteiger partial charge in [-0.05, 0) is 92.1 Å². The molecule has 0 saturated heterocycles. The van der Waals surface area contributed by atoms with Crippen LogP contribution in [0.1, 0.15) is 56.7 Å². The molecule has 0 aliphatic carbocycles. The van der Waals surface area contributed by atoms with Gasteiger partial charge in [0.1, 0.15) is 17.4 Å². The van der Waals surface area contributed by atoms with E-state index in [4.69, 9.17) is 9.47 Å². The Hall–Kier alpha value is -5.11. The molecular weight excluding hydrogens is 614 g/mol. The highest BCUT2D eigenvalue weighted by Gasteiger charge is 2.29. The van der Waals surface area contributed by atoms with E-state index in [-0.39, 0.29) is 18.2 Å². The van der Waals surface area contributed by atoms with E-state index in [1.807, 2.05) is 99.8 Å². The molecule has 0 fully saturated rings. The Bertz CT molecular complexity index is 1880. The summed E-state index contributed by atoms with van der Waals surface area (Å²) < 4.78 is 11.0. The van der Waals surface area contributed by atoms with Crippen LogP contribution in [0.15, 0.2) is 97.2 Å². The second kappa shape index (κ2) is 16.3. The van der Waals surface area contributed by atoms with E-state index < -0.39 is 23.5 Å². The number of aromatic nitrogens is 1. The standard InChI is InChI=1S/C41H47N3O5/c1-41(2,3)49-38(45)26-32(14-10-13-29-17-18-31-24-34(48-4)20-19-30(31)23-29)39(46)44-37(25-33-27-43-36-16-9-8-15-35(33)36)40(47)42-22-21-28-11-6-5-7-12-28/h5-9,11-12,15-20,23-24,27,32,37,43H,10,13-14,21-22,25-26H2,1-4H3,(H,42,47)(H,44,46)/t32-,37+/m1/s1. The number of aromatic amines is 1. The average molecular weight is 662 g/mol. The third-order valence-electron chi connectivity index (χ3n) is 8.62. The number of hydrogen-bond acceptors (Lipinski definition) is 5. The number of methoxy groups -OCH3 is 1. The predicted molar refractivity (Wildman–Crippen MR) is 194 cm³/mol. The third kappa shape index (κ3) is 10.2. The molecule has 1 heterocycles. The van der Waals surface area contributed by atoms with Gasteiger partial charge in [-0.25, -0.2) is 0 Å². The highest BCUT2D eigenvalue weighted by molar-refractivity contribution is 5.91. The number of rotatable bonds is 15. The van der Waals surface area contributed by atoms with Crippen LogP contribution in [-0.4, -0.2) is 48.1 Å². The summed E-state index contributed by atoms with van der Waals surface area (Å²) in [7, 11) is 1.66. The van der Waals surface area contributed by atoms with Crippen molar-refractivity contribution in [2.45, 2.75) is 70.9 Å². The number of ether oxygens (including phenoxy) is 2. The monoisotopic (exact) mass is 661 g/mol. The van der Waals surface area contributed by atoms with Crippen molar-refractivity contribution >= 4 is 39.5 Å². The van der Waals surface area contributed by atoms with Crippen molar-refractivity contribution in [3.8, 4) is 5.75 Å². The number of nitrogens with one attached hydrogen (secondary N) is 3. The van der Waals surface area contributed by atoms with Crippen molar-refractivity contribution in [1.29, 1.82) is 0 Å². The minimum absolute atomic E-state index is 0.0734. The molecular formula is C41H47N3O5. The second-order valence-corrected chi connectivity index (χ2v) is 13.6. The van der Waals surface area contributed by atoms with Crippen LogP contribution in [0.5, 0.6) is 5.75 Å². The van der Waals surface area contributed by atoms with Gasteiger partial charge in [-0.2, -0.15) is 0 Å². The number of amides is 2. The topological polar surface area (TPSA) is 110 Å². The predicted octanol–water partition coefficient (Wildman–Crippen LogP) is 7.09. The van der Waals surface area contributed by atoms with Gasteiger partial charge >= 0.3 is 5.97 Å². The summed E-state index contributed by atoms with van der Waals surface area (Å²) in [5, 5.41) is 9.27. The molecule has 1 aromatic heterocycles. The Morgan fingerprint density at radius 3 is 2.33 bits per heavy atom. The lowest BCUT2D eigenvalue weighted by Crippen LogP contribution is -2.50. The molecule has 2 atom stereocenters. The molecule has 3 N–H and O–H groups in total. The van der Waals surface area contributed by atoms with Crippen LogP contribution in [0.3, 0.4) is 0 Å². The summed E-state index contributed by atoms with van der Waals surface area (Å²) in [6.07, 6.45) is 4.66. The molecule has 2 amide bonds. The number of carbonyl (C=O) groups is 3. The number of esters is 1. The van der Waals surface area contributed by atoms with Gasteiger partial charge < -0.3 is 25.1 Å². The van der Waals surface area contributed by atoms with E-state index in [0.29, 0.717) is 32.2 Å². The van der Waals surface area contributed by atoms with Crippen LogP contribution in [-0.2, 0) is 38.4 Å². The molecule has 5 rings (SSSR count). The van der Waals surface area contributed by atoms with E-state index in [2.05, 4.69) is 33.8 Å². The fourth-order valence-corrected chi connectivity index (χ4v) is 6.14. The highest BCUT2D eigenvalue weighted by atomic mass is 16.6. The fourth-order valence-electron chi connectivity index (χ4n) is 6.14. The van der Waals surface area contributed by atoms with Crippen LogP contribution >= 0.6 is 0 Å². The first-order valence-corrected chi connectivity index (χ1v) is 17.0. The molecule has 49 heavy (non-hydrogen) atoms. The maximum absolute atomic E-state index is 14.0. The summed E-state index contributed by atoms with van der Waals surface area (Å²) in [6.45, 7) is 5.87. The summed E-state index contributed by atoms with van der Waals surface area (Å²) in [4.78, 5) is 44.0. The van der Waals surface area contributed by atoms with Crippen molar-refractivity contribution in [3.63, 3.8) is 0 Å². The van der Waals surface area contributed by atoms with E-state index in [9.17, 15) is 14.4 Å². The van der Waals surface area contributed by atoms with Crippen LogP contribution < -0.4 is 15.4 Å². The van der Waals surface area contributed by atoms with Gasteiger partial charge in [0, 0.05) is 36.0 Å². The van der Waals surface area contributed by atoms with Crippen LogP contribution in [0.25, 0.3) is 21.7 Å². The van der Waals surface area contributed by atoms with Crippen molar-refractivity contribution in [1.82, 2.24) is 15.6 Å². The SMILES string of the molecule is COc1ccc2cc(CCC[C@H](CC(=O)OC(C)(C)C)C(=O)N[C@@H](Cc3c[nH]c4ccccc34)C(=O)NCCc3ccccc3)ccc2c1. The largest absolute Gasteiger partial charge is 0.497 e. The van der Waals surface area contributed by atoms with Gasteiger partial charge in [-0.1, -0.05) is 72.8 Å². The van der Waals surface area contributed by atoms with Crippen molar-refractivity contribution < 1.29 is 23.9 Å². The van der Waals surface area contributed by atoms with Gasteiger partial charge in [0.25, 0.3) is 0 Å². The lowest BCUT2D eigenvalue weighted by molar-refractivity contribution is -0.157. The fraction of sp³-hybridized carbons (Fsp3) is 0.341. The van der Waals surface area contributed by atoms with Gasteiger partial charge in [-0.15, -0.1) is 0 Å². The Labute approximate surface area is 288 Å². The molecule has 0 saturated carbocycles. The number of benzene rings is 4. The lowest BCUT2D eigenvalue weighted by atomic mass is 9.94. The molecule has 0 radical (unpaired) electrons. The zero-order valence-corrected chi connectivity index (χ0v) is 28.9. The minimum Gasteiger partial charge on any atom is -0.497 e. The number of aryl methyl sites for hydroxylation is 1. The van der Waals surface area contributed by atoms with E-state index in [1.54, 1.807) is 7.11 Å². The quantitative estimate of drug-likeness (QED) is 0.104. The molecule has 4 aromatic carbocycles. The highest BCUT2D eigenvalue weighted by Crippen LogP contribution is 2.24. The third-order valence-corrected chi connectivity index (χ3v) is 8.62. The van der Waals surface area contributed by atoms with Crippen molar-refractivity contribution in [2.75, 3.05) is 13.7 Å². The molecule has 5 aromatic rings. The maximum atomic E-state index is 14.0. The number of H-pyrrole nitrogens is 1. The van der Waals surface area contributed by atoms with Gasteiger partial charge in [0.2, 0.25) is 11.8 Å². The zero-order chi connectivity index (χ0) is 34.8. The first-order valence-electron chi connectivity index (χ1n) is 17.0. The number of fused-ring (bicyclic) bond motifs is 2. The summed E-state index contributed by atoms with van der Waals surface area (Å²) in [5.41, 5.74) is 3.47. The number of hydrogen-bond donors (Lipinski definition) is 3. The van der Waals surface area contributed by atoms with Crippen molar-refractivity contribution in [3.05, 3.63) is 114 Å². The molecule has 0 bridgehead atoms. The van der Waals surface area contributed by atoms with E-state index >= 15 is 0 Å². The normalized spacial score (nSPS) is 12.7. The Morgan fingerprint density at radius 1 is 0.816 bits per heavy atom. The zero-order valence-electron chi connectivity index (χ0n) is 28.9. The van der Waals surface area contributed by atoms with Crippen LogP contribution in [0.4, 0.5) is 0 Å². The van der Waals surface area contributed by atoms with Gasteiger partial charge in [0.05, 0.1) is 13.5 Å². The Balaban J connectivity index is 1.30. The van der Waals surface area contributed by atoms with Crippen LogP contribution in [0, 0.1) is 5.92 Å². The Morgan fingerprint density at radius 2 is 1.55 bits per heavy atom. The van der Waals surface area contributed by atoms with E-state index in [1.165, 1.54) is 0 Å². The molecule has 8 nitrogen and oxygen atoms in total. The Kier molecular flexibility index (Phi) is 11.7. The number of para-hydroxylation sites is 1. The van der Waals surface area contributed by atoms with Crippen LogP contribution in [0.2, 0.25) is 0 Å². The smallest absolute Gasteiger partial charge is 0.307 e. The second-order valence-electron chi connectivity index (χ2n) is 13.6. The molecule has 8 heteroatoms. The maximum Gasteiger partial charge on any atom is 0.307 e. The lowest BCUT2D eigenvalue weighted by Gasteiger charge is -2.24. The van der Waals surface area contributed by atoms with Crippen molar-refractivity contribution in [2.24, 2.45) is 5.92 Å². The van der Waals surface area contributed by atoms with Gasteiger partial charge in [0.15, 0.2) is 0 Å². The molecule has 0 aliphatic heterocycles. The summed E-state index contributed by atoms with van der Waals surface area (Å²) >= 11 is 0. The first-order chi connectivity index (χ1) is 23.6. The summed E-state index contributed by atoms with van der Waals surface area (Å²) in [6, 6.07) is 29.3. The number of carbonyl (C=O) groups excluding carboxylic acids is 3.